The van der Waals surface area contributed by atoms with Gasteiger partial charge in [0.05, 0.1) is 31.7 Å². The first-order valence-corrected chi connectivity index (χ1v) is 12.9. The molecule has 1 saturated heterocycles. The lowest BCUT2D eigenvalue weighted by Gasteiger charge is -2.35. The molecule has 2 amide bonds. The van der Waals surface area contributed by atoms with E-state index in [9.17, 15) is 38.1 Å². The third kappa shape index (κ3) is 11.4. The first kappa shape index (κ1) is 32.3. The summed E-state index contributed by atoms with van der Waals surface area (Å²) in [5.41, 5.74) is 0.713. The predicted octanol–water partition coefficient (Wildman–Crippen LogP) is 1.75. The molecule has 2 rings (SSSR count). The number of nitrogens with one attached hydrogen (secondary N) is 2. The molecule has 1 fully saturated rings. The summed E-state index contributed by atoms with van der Waals surface area (Å²) in [6.07, 6.45) is -0.845. The highest BCUT2D eigenvalue weighted by Crippen LogP contribution is 2.20. The maximum Gasteiger partial charge on any atom is 0.475 e. The van der Waals surface area contributed by atoms with E-state index in [2.05, 4.69) is 10.6 Å². The lowest BCUT2D eigenvalue weighted by molar-refractivity contribution is -0.137. The Morgan fingerprint density at radius 1 is 1.26 bits per heavy atom. The molecule has 214 valence electrons. The third-order valence-electron chi connectivity index (χ3n) is 6.18. The van der Waals surface area contributed by atoms with Crippen LogP contribution in [0.2, 0.25) is 0 Å². The van der Waals surface area contributed by atoms with Crippen LogP contribution in [0.15, 0.2) is 42.0 Å². The summed E-state index contributed by atoms with van der Waals surface area (Å²) < 4.78 is 44.4. The van der Waals surface area contributed by atoms with Gasteiger partial charge in [-0.15, -0.1) is 0 Å². The zero-order valence-corrected chi connectivity index (χ0v) is 22.2. The van der Waals surface area contributed by atoms with Gasteiger partial charge in [-0.25, -0.2) is 0 Å². The number of hydrogen-bond acceptors (Lipinski definition) is 7. The van der Waals surface area contributed by atoms with Crippen molar-refractivity contribution < 1.29 is 37.5 Å². The number of allylic oxidation sites excluding steroid dienone is 1. The molecule has 0 aromatic heterocycles. The molecule has 9 nitrogen and oxygen atoms in total. The molecular formula is C26H36BF3N4O5. The van der Waals surface area contributed by atoms with Gasteiger partial charge >= 0.3 is 13.3 Å². The SMILES string of the molecule is CC(C)C=C(C#N)C(=O)N1CCCC[C@@H]1COC[C@H](NCC(F)(F)F)C(=O)N[C@@H](Cc1ccccc1)B(O)O. The lowest BCUT2D eigenvalue weighted by Crippen LogP contribution is -2.56. The second-order valence-electron chi connectivity index (χ2n) is 9.89. The van der Waals surface area contributed by atoms with Crippen molar-refractivity contribution >= 4 is 18.9 Å². The van der Waals surface area contributed by atoms with E-state index in [0.717, 1.165) is 12.8 Å². The molecule has 0 saturated carbocycles. The zero-order chi connectivity index (χ0) is 29.0. The van der Waals surface area contributed by atoms with E-state index in [-0.39, 0.29) is 24.5 Å². The summed E-state index contributed by atoms with van der Waals surface area (Å²) in [6, 6.07) is 8.74. The van der Waals surface area contributed by atoms with E-state index in [1.807, 2.05) is 19.9 Å². The van der Waals surface area contributed by atoms with Gasteiger partial charge in [0, 0.05) is 6.54 Å². The maximum absolute atomic E-state index is 13.0. The average molecular weight is 552 g/mol. The number of nitrogens with zero attached hydrogens (tertiary/aromatic N) is 2. The van der Waals surface area contributed by atoms with Crippen molar-refractivity contribution in [3.63, 3.8) is 0 Å². The Bertz CT molecular complexity index is 1000. The molecule has 1 aliphatic heterocycles. The number of ether oxygens (including phenoxy) is 1. The van der Waals surface area contributed by atoms with Gasteiger partial charge in [-0.3, -0.25) is 14.9 Å². The molecule has 39 heavy (non-hydrogen) atoms. The fraction of sp³-hybridized carbons (Fsp3) is 0.577. The molecule has 4 N–H and O–H groups in total. The van der Waals surface area contributed by atoms with Crippen LogP contribution in [0.4, 0.5) is 13.2 Å². The fourth-order valence-corrected chi connectivity index (χ4v) is 4.26. The molecule has 1 aromatic rings. The molecule has 1 heterocycles. The van der Waals surface area contributed by atoms with Gasteiger partial charge in [-0.2, -0.15) is 18.4 Å². The Morgan fingerprint density at radius 2 is 1.95 bits per heavy atom. The Balaban J connectivity index is 2.07. The summed E-state index contributed by atoms with van der Waals surface area (Å²) in [6.45, 7) is 2.16. The smallest absolute Gasteiger partial charge is 0.426 e. The highest BCUT2D eigenvalue weighted by atomic mass is 19.4. The highest BCUT2D eigenvalue weighted by molar-refractivity contribution is 6.43. The van der Waals surface area contributed by atoms with Crippen LogP contribution < -0.4 is 10.6 Å². The third-order valence-corrected chi connectivity index (χ3v) is 6.18. The number of piperidine rings is 1. The number of likely N-dealkylation sites (tertiary alicyclic amines) is 1. The molecule has 0 spiro atoms. The van der Waals surface area contributed by atoms with Gasteiger partial charge in [0.2, 0.25) is 5.91 Å². The molecule has 0 radical (unpaired) electrons. The minimum absolute atomic E-state index is 0.00905. The number of carbonyl (C=O) groups excluding carboxylic acids is 2. The zero-order valence-electron chi connectivity index (χ0n) is 22.2. The average Bonchev–Trinajstić information content (AvgIpc) is 2.88. The van der Waals surface area contributed by atoms with Crippen molar-refractivity contribution in [3.8, 4) is 6.07 Å². The van der Waals surface area contributed by atoms with E-state index in [0.29, 0.717) is 18.5 Å². The van der Waals surface area contributed by atoms with Crippen molar-refractivity contribution in [1.29, 1.82) is 5.26 Å². The normalized spacial score (nSPS) is 17.9. The van der Waals surface area contributed by atoms with Crippen LogP contribution in [0.1, 0.15) is 38.7 Å². The Morgan fingerprint density at radius 3 is 2.54 bits per heavy atom. The van der Waals surface area contributed by atoms with E-state index in [1.54, 1.807) is 36.4 Å². The Kier molecular flexibility index (Phi) is 12.9. The topological polar surface area (TPSA) is 135 Å². The summed E-state index contributed by atoms with van der Waals surface area (Å²) in [4.78, 5) is 27.4. The van der Waals surface area contributed by atoms with Crippen LogP contribution in [-0.2, 0) is 20.7 Å². The van der Waals surface area contributed by atoms with Crippen LogP contribution in [0, 0.1) is 17.2 Å². The molecule has 3 atom stereocenters. The van der Waals surface area contributed by atoms with Crippen LogP contribution in [0.5, 0.6) is 0 Å². The Labute approximate surface area is 227 Å². The van der Waals surface area contributed by atoms with Gasteiger partial charge < -0.3 is 25.0 Å². The van der Waals surface area contributed by atoms with Gasteiger partial charge in [0.15, 0.2) is 0 Å². The highest BCUT2D eigenvalue weighted by Gasteiger charge is 2.34. The van der Waals surface area contributed by atoms with Gasteiger partial charge in [0.25, 0.3) is 5.91 Å². The van der Waals surface area contributed by atoms with Crippen molar-refractivity contribution in [3.05, 3.63) is 47.5 Å². The van der Waals surface area contributed by atoms with Gasteiger partial charge in [-0.05, 0) is 37.2 Å². The molecule has 0 unspecified atom stereocenters. The van der Waals surface area contributed by atoms with E-state index in [4.69, 9.17) is 4.74 Å². The fourth-order valence-electron chi connectivity index (χ4n) is 4.26. The van der Waals surface area contributed by atoms with E-state index in [1.165, 1.54) is 4.90 Å². The van der Waals surface area contributed by atoms with Crippen molar-refractivity contribution in [2.24, 2.45) is 5.92 Å². The van der Waals surface area contributed by atoms with Crippen LogP contribution in [0.3, 0.4) is 0 Å². The second-order valence-corrected chi connectivity index (χ2v) is 9.89. The van der Waals surface area contributed by atoms with Crippen LogP contribution in [-0.4, -0.2) is 84.4 Å². The summed E-state index contributed by atoms with van der Waals surface area (Å²) >= 11 is 0. The number of alkyl halides is 3. The molecule has 0 bridgehead atoms. The number of hydrogen-bond donors (Lipinski definition) is 4. The van der Waals surface area contributed by atoms with Crippen molar-refractivity contribution in [2.45, 2.75) is 63.7 Å². The van der Waals surface area contributed by atoms with E-state index >= 15 is 0 Å². The quantitative estimate of drug-likeness (QED) is 0.166. The van der Waals surface area contributed by atoms with Gasteiger partial charge in [0.1, 0.15) is 17.7 Å². The first-order valence-electron chi connectivity index (χ1n) is 12.9. The number of nitriles is 1. The van der Waals surface area contributed by atoms with Crippen molar-refractivity contribution in [1.82, 2.24) is 15.5 Å². The largest absolute Gasteiger partial charge is 0.475 e. The standard InChI is InChI=1S/C26H36BF3N4O5/c1-18(2)12-20(14-31)25(36)34-11-7-6-10-21(34)15-39-16-22(32-17-26(28,29)30)24(35)33-23(27(37)38)13-19-8-4-3-5-9-19/h3-5,8-9,12,18,21-23,32,37-38H,6-7,10-11,13,15-17H2,1-2H3,(H,33,35)/t21-,22+,23+/m1/s1. The maximum atomic E-state index is 13.0. The summed E-state index contributed by atoms with van der Waals surface area (Å²) in [5, 5.41) is 33.5. The number of halogens is 3. The summed E-state index contributed by atoms with van der Waals surface area (Å²) in [5.74, 6) is -2.50. The molecule has 1 aromatic carbocycles. The number of rotatable bonds is 13. The monoisotopic (exact) mass is 552 g/mol. The minimum Gasteiger partial charge on any atom is -0.426 e. The molecular weight excluding hydrogens is 516 g/mol. The number of amides is 2. The van der Waals surface area contributed by atoms with E-state index < -0.39 is 56.3 Å². The summed E-state index contributed by atoms with van der Waals surface area (Å²) in [7, 11) is -1.95. The molecule has 13 heteroatoms. The first-order chi connectivity index (χ1) is 18.4. The second kappa shape index (κ2) is 15.6. The molecule has 1 aliphatic rings. The minimum atomic E-state index is -4.60. The Hall–Kier alpha value is -2.92. The lowest BCUT2D eigenvalue weighted by atomic mass is 9.76. The predicted molar refractivity (Wildman–Crippen MR) is 139 cm³/mol. The number of carbonyl (C=O) groups is 2. The van der Waals surface area contributed by atoms with Crippen LogP contribution in [0.25, 0.3) is 0 Å². The molecule has 0 aliphatic carbocycles. The van der Waals surface area contributed by atoms with Crippen molar-refractivity contribution in [2.75, 3.05) is 26.3 Å². The number of benzene rings is 1. The van der Waals surface area contributed by atoms with Gasteiger partial charge in [-0.1, -0.05) is 50.3 Å². The van der Waals surface area contributed by atoms with Crippen LogP contribution >= 0.6 is 0 Å².